The van der Waals surface area contributed by atoms with Gasteiger partial charge in [0, 0.05) is 18.3 Å². The summed E-state index contributed by atoms with van der Waals surface area (Å²) in [4.78, 5) is 8.22. The molecule has 96 valence electrons. The molecule has 18 heavy (non-hydrogen) atoms. The minimum Gasteiger partial charge on any atom is -0.418 e. The lowest BCUT2D eigenvalue weighted by molar-refractivity contribution is 0.439. The zero-order chi connectivity index (χ0) is 13.0. The summed E-state index contributed by atoms with van der Waals surface area (Å²) >= 11 is 3.43. The van der Waals surface area contributed by atoms with Gasteiger partial charge in [0.15, 0.2) is 0 Å². The predicted molar refractivity (Wildman–Crippen MR) is 71.9 cm³/mol. The smallest absolute Gasteiger partial charge is 0.240 e. The quantitative estimate of drug-likeness (QED) is 0.888. The third-order valence-corrected chi connectivity index (χ3v) is 2.90. The number of aromatic nitrogens is 4. The monoisotopic (exact) mass is 311 g/mol. The normalized spacial score (nSPS) is 10.4. The molecule has 2 aromatic rings. The second-order valence-corrected chi connectivity index (χ2v) is 4.55. The molecule has 2 rings (SSSR count). The lowest BCUT2D eigenvalue weighted by Gasteiger charge is -2.08. The van der Waals surface area contributed by atoms with Crippen LogP contribution in [0.2, 0.25) is 0 Å². The van der Waals surface area contributed by atoms with Crippen LogP contribution < -0.4 is 10.1 Å². The van der Waals surface area contributed by atoms with Crippen LogP contribution in [0, 0.1) is 6.92 Å². The lowest BCUT2D eigenvalue weighted by Crippen LogP contribution is -2.04. The van der Waals surface area contributed by atoms with Crippen LogP contribution in [0.15, 0.2) is 16.9 Å². The van der Waals surface area contributed by atoms with Crippen LogP contribution in [0.1, 0.15) is 19.0 Å². The first-order valence-electron chi connectivity index (χ1n) is 5.65. The highest BCUT2D eigenvalue weighted by Crippen LogP contribution is 2.31. The van der Waals surface area contributed by atoms with Crippen molar-refractivity contribution < 1.29 is 4.74 Å². The molecule has 0 aromatic carbocycles. The van der Waals surface area contributed by atoms with Crippen molar-refractivity contribution in [3.8, 4) is 11.8 Å². The summed E-state index contributed by atoms with van der Waals surface area (Å²) in [5.41, 5.74) is 0.930. The molecule has 0 bridgehead atoms. The van der Waals surface area contributed by atoms with Crippen LogP contribution in [0.25, 0.3) is 0 Å². The number of rotatable bonds is 5. The molecule has 0 fully saturated rings. The van der Waals surface area contributed by atoms with E-state index in [2.05, 4.69) is 48.3 Å². The Kier molecular flexibility index (Phi) is 4.14. The molecule has 0 aliphatic heterocycles. The van der Waals surface area contributed by atoms with Crippen molar-refractivity contribution >= 4 is 21.7 Å². The second kappa shape index (κ2) is 5.81. The van der Waals surface area contributed by atoms with Gasteiger partial charge in [0.2, 0.25) is 11.8 Å². The molecule has 2 aromatic heterocycles. The molecule has 0 unspecified atom stereocenters. The van der Waals surface area contributed by atoms with Crippen LogP contribution in [0.5, 0.6) is 11.8 Å². The zero-order valence-electron chi connectivity index (χ0n) is 10.2. The van der Waals surface area contributed by atoms with E-state index in [9.17, 15) is 0 Å². The maximum absolute atomic E-state index is 5.57. The number of hydrogen-bond donors (Lipinski definition) is 2. The van der Waals surface area contributed by atoms with E-state index in [4.69, 9.17) is 4.74 Å². The molecule has 2 heterocycles. The van der Waals surface area contributed by atoms with Gasteiger partial charge in [-0.1, -0.05) is 6.92 Å². The minimum absolute atomic E-state index is 0.440. The number of ether oxygens (including phenoxy) is 1. The zero-order valence-corrected chi connectivity index (χ0v) is 11.8. The number of aryl methyl sites for hydroxylation is 1. The number of hydrogen-bond acceptors (Lipinski definition) is 5. The molecule has 0 aliphatic carbocycles. The van der Waals surface area contributed by atoms with Crippen molar-refractivity contribution in [1.29, 1.82) is 0 Å². The van der Waals surface area contributed by atoms with Gasteiger partial charge in [-0.25, -0.2) is 9.97 Å². The third-order valence-electron chi connectivity index (χ3n) is 2.18. The number of halogens is 1. The fourth-order valence-electron chi connectivity index (χ4n) is 1.34. The van der Waals surface area contributed by atoms with Gasteiger partial charge in [-0.2, -0.15) is 0 Å². The predicted octanol–water partition coefficient (Wildman–Crippen LogP) is 2.88. The number of nitrogens with zero attached hydrogens (tertiary/aromatic N) is 3. The highest BCUT2D eigenvalue weighted by molar-refractivity contribution is 9.10. The van der Waals surface area contributed by atoms with Crippen LogP contribution >= 0.6 is 15.9 Å². The fourth-order valence-corrected chi connectivity index (χ4v) is 1.76. The van der Waals surface area contributed by atoms with E-state index in [0.29, 0.717) is 22.1 Å². The lowest BCUT2D eigenvalue weighted by atomic mass is 10.4. The Morgan fingerprint density at radius 2 is 2.28 bits per heavy atom. The van der Waals surface area contributed by atoms with Crippen LogP contribution in [-0.4, -0.2) is 26.7 Å². The summed E-state index contributed by atoms with van der Waals surface area (Å²) < 4.78 is 6.26. The number of anilines is 1. The summed E-state index contributed by atoms with van der Waals surface area (Å²) in [5, 5.41) is 9.99. The maximum Gasteiger partial charge on any atom is 0.240 e. The SMILES string of the molecule is CCCNc1ncnc(Oc2cc(C)[nH]n2)c1Br. The van der Waals surface area contributed by atoms with E-state index >= 15 is 0 Å². The first-order chi connectivity index (χ1) is 8.70. The van der Waals surface area contributed by atoms with Gasteiger partial charge in [-0.05, 0) is 29.3 Å². The van der Waals surface area contributed by atoms with E-state index in [1.165, 1.54) is 6.33 Å². The Morgan fingerprint density at radius 3 is 2.94 bits per heavy atom. The van der Waals surface area contributed by atoms with Crippen molar-refractivity contribution in [2.75, 3.05) is 11.9 Å². The highest BCUT2D eigenvalue weighted by atomic mass is 79.9. The van der Waals surface area contributed by atoms with Gasteiger partial charge < -0.3 is 10.1 Å². The molecule has 0 aliphatic rings. The molecule has 6 nitrogen and oxygen atoms in total. The molecular weight excluding hydrogens is 298 g/mol. The Labute approximate surface area is 113 Å². The summed E-state index contributed by atoms with van der Waals surface area (Å²) in [7, 11) is 0. The van der Waals surface area contributed by atoms with Gasteiger partial charge >= 0.3 is 0 Å². The molecule has 0 spiro atoms. The Balaban J connectivity index is 2.17. The standard InChI is InChI=1S/C11H14BrN5O/c1-3-4-13-10-9(12)11(15-6-14-10)18-8-5-7(2)16-17-8/h5-6H,3-4H2,1-2H3,(H,16,17)(H,13,14,15). The summed E-state index contributed by atoms with van der Waals surface area (Å²) in [6.45, 7) is 4.84. The Morgan fingerprint density at radius 1 is 1.44 bits per heavy atom. The first-order valence-corrected chi connectivity index (χ1v) is 6.44. The molecule has 0 amide bonds. The van der Waals surface area contributed by atoms with Crippen molar-refractivity contribution in [3.63, 3.8) is 0 Å². The molecule has 2 N–H and O–H groups in total. The summed E-state index contributed by atoms with van der Waals surface area (Å²) in [5.74, 6) is 1.64. The van der Waals surface area contributed by atoms with E-state index in [1.54, 1.807) is 6.07 Å². The van der Waals surface area contributed by atoms with Gasteiger partial charge in [0.25, 0.3) is 0 Å². The van der Waals surface area contributed by atoms with Crippen LogP contribution in [0.4, 0.5) is 5.82 Å². The molecule has 7 heteroatoms. The van der Waals surface area contributed by atoms with Gasteiger partial charge in [0.05, 0.1) is 0 Å². The average Bonchev–Trinajstić information content (AvgIpc) is 2.76. The van der Waals surface area contributed by atoms with Crippen molar-refractivity contribution in [1.82, 2.24) is 20.2 Å². The van der Waals surface area contributed by atoms with E-state index in [-0.39, 0.29) is 0 Å². The molecule has 0 radical (unpaired) electrons. The van der Waals surface area contributed by atoms with E-state index < -0.39 is 0 Å². The largest absolute Gasteiger partial charge is 0.418 e. The third kappa shape index (κ3) is 2.98. The highest BCUT2D eigenvalue weighted by Gasteiger charge is 2.11. The van der Waals surface area contributed by atoms with Gasteiger partial charge in [-0.3, -0.25) is 5.10 Å². The van der Waals surface area contributed by atoms with E-state index in [0.717, 1.165) is 18.7 Å². The fraction of sp³-hybridized carbons (Fsp3) is 0.364. The first kappa shape index (κ1) is 12.8. The average molecular weight is 312 g/mol. The molecule has 0 saturated heterocycles. The van der Waals surface area contributed by atoms with Crippen LogP contribution in [0.3, 0.4) is 0 Å². The second-order valence-electron chi connectivity index (χ2n) is 3.76. The van der Waals surface area contributed by atoms with Crippen LogP contribution in [-0.2, 0) is 0 Å². The number of aromatic amines is 1. The van der Waals surface area contributed by atoms with Crippen molar-refractivity contribution in [3.05, 3.63) is 22.6 Å². The van der Waals surface area contributed by atoms with Crippen molar-refractivity contribution in [2.45, 2.75) is 20.3 Å². The topological polar surface area (TPSA) is 75.7 Å². The number of nitrogens with one attached hydrogen (secondary N) is 2. The Hall–Kier alpha value is -1.63. The minimum atomic E-state index is 0.440. The van der Waals surface area contributed by atoms with Gasteiger partial charge in [0.1, 0.15) is 16.6 Å². The summed E-state index contributed by atoms with van der Waals surface area (Å²) in [6.07, 6.45) is 2.47. The van der Waals surface area contributed by atoms with E-state index in [1.807, 2.05) is 6.92 Å². The summed E-state index contributed by atoms with van der Waals surface area (Å²) in [6, 6.07) is 1.80. The van der Waals surface area contributed by atoms with Crippen molar-refractivity contribution in [2.24, 2.45) is 0 Å². The molecule has 0 saturated carbocycles. The molecule has 0 atom stereocenters. The molecular formula is C11H14BrN5O. The van der Waals surface area contributed by atoms with Gasteiger partial charge in [-0.15, -0.1) is 5.10 Å². The maximum atomic E-state index is 5.57. The Bertz CT molecular complexity index is 528. The number of H-pyrrole nitrogens is 1.